The Labute approximate surface area is 205 Å². The van der Waals surface area contributed by atoms with Crippen LogP contribution in [-0.2, 0) is 17.9 Å². The Morgan fingerprint density at radius 1 is 1.03 bits per heavy atom. The fourth-order valence-corrected chi connectivity index (χ4v) is 4.42. The van der Waals surface area contributed by atoms with Crippen LogP contribution in [0.25, 0.3) is 0 Å². The fraction of sp³-hybridized carbons (Fsp3) is 0.370. The lowest BCUT2D eigenvalue weighted by molar-refractivity contribution is 0.0773. The molecular formula is C27H32N4O4. The van der Waals surface area contributed by atoms with Crippen LogP contribution in [0, 0.1) is 0 Å². The number of carbonyl (C=O) groups excluding carboxylic acids is 2. The van der Waals surface area contributed by atoms with Crippen LogP contribution < -0.4 is 15.4 Å². The molecule has 4 rings (SSSR count). The largest absolute Gasteiger partial charge is 0.481 e. The van der Waals surface area contributed by atoms with E-state index in [0.717, 1.165) is 23.2 Å². The normalized spacial score (nSPS) is 14.5. The van der Waals surface area contributed by atoms with Crippen LogP contribution in [0.5, 0.6) is 5.88 Å². The zero-order valence-electron chi connectivity index (χ0n) is 20.4. The summed E-state index contributed by atoms with van der Waals surface area (Å²) in [5.41, 5.74) is 3.59. The summed E-state index contributed by atoms with van der Waals surface area (Å²) in [7, 11) is 1.57. The molecule has 2 atom stereocenters. The van der Waals surface area contributed by atoms with Gasteiger partial charge in [0.25, 0.3) is 11.8 Å². The summed E-state index contributed by atoms with van der Waals surface area (Å²) >= 11 is 0. The third kappa shape index (κ3) is 5.38. The van der Waals surface area contributed by atoms with E-state index in [1.54, 1.807) is 25.4 Å². The number of methoxy groups -OCH3 is 1. The van der Waals surface area contributed by atoms with E-state index in [1.165, 1.54) is 0 Å². The third-order valence-corrected chi connectivity index (χ3v) is 6.38. The molecule has 0 bridgehead atoms. The second kappa shape index (κ2) is 11.2. The van der Waals surface area contributed by atoms with Crippen molar-refractivity contribution in [3.05, 3.63) is 82.8 Å². The highest BCUT2D eigenvalue weighted by molar-refractivity contribution is 6.01. The Morgan fingerprint density at radius 3 is 2.40 bits per heavy atom. The van der Waals surface area contributed by atoms with Crippen molar-refractivity contribution in [1.29, 1.82) is 0 Å². The minimum absolute atomic E-state index is 0.118. The van der Waals surface area contributed by atoms with E-state index in [-0.39, 0.29) is 30.5 Å². The molecule has 2 N–H and O–H groups in total. The minimum Gasteiger partial charge on any atom is -0.481 e. The van der Waals surface area contributed by atoms with Crippen LogP contribution in [0.15, 0.2) is 54.7 Å². The Bertz CT molecular complexity index is 1160. The van der Waals surface area contributed by atoms with E-state index in [9.17, 15) is 9.59 Å². The summed E-state index contributed by atoms with van der Waals surface area (Å²) in [6.07, 6.45) is 3.16. The van der Waals surface area contributed by atoms with Crippen LogP contribution in [-0.4, -0.2) is 35.1 Å². The van der Waals surface area contributed by atoms with Gasteiger partial charge in [-0.05, 0) is 30.0 Å². The van der Waals surface area contributed by atoms with Gasteiger partial charge in [-0.15, -0.1) is 0 Å². The van der Waals surface area contributed by atoms with Crippen molar-refractivity contribution < 1.29 is 19.1 Å². The Hall–Kier alpha value is -3.65. The van der Waals surface area contributed by atoms with Gasteiger partial charge in [-0.3, -0.25) is 9.59 Å². The molecule has 2 amide bonds. The number of amides is 2. The quantitative estimate of drug-likeness (QED) is 0.483. The minimum atomic E-state index is -0.232. The smallest absolute Gasteiger partial charge is 0.268 e. The highest BCUT2D eigenvalue weighted by Crippen LogP contribution is 2.25. The van der Waals surface area contributed by atoms with E-state index in [4.69, 9.17) is 9.47 Å². The molecular weight excluding hydrogens is 444 g/mol. The monoisotopic (exact) mass is 476 g/mol. The molecule has 8 heteroatoms. The molecule has 0 aliphatic carbocycles. The number of fused-ring (bicyclic) bond motifs is 1. The summed E-state index contributed by atoms with van der Waals surface area (Å²) in [6.45, 7) is 5.34. The maximum Gasteiger partial charge on any atom is 0.268 e. The predicted molar refractivity (Wildman–Crippen MR) is 132 cm³/mol. The molecule has 2 aromatic heterocycles. The van der Waals surface area contributed by atoms with Crippen LogP contribution >= 0.6 is 0 Å². The lowest BCUT2D eigenvalue weighted by atomic mass is 10.0. The van der Waals surface area contributed by atoms with E-state index >= 15 is 0 Å². The molecule has 3 heterocycles. The highest BCUT2D eigenvalue weighted by atomic mass is 16.5. The first kappa shape index (κ1) is 24.5. The molecule has 184 valence electrons. The fourth-order valence-electron chi connectivity index (χ4n) is 4.42. The summed E-state index contributed by atoms with van der Waals surface area (Å²) < 4.78 is 12.7. The van der Waals surface area contributed by atoms with Crippen molar-refractivity contribution in [3.8, 4) is 5.88 Å². The number of rotatable bonds is 9. The molecule has 8 nitrogen and oxygen atoms in total. The first-order chi connectivity index (χ1) is 17.0. The maximum absolute atomic E-state index is 13.4. The average molecular weight is 477 g/mol. The zero-order chi connectivity index (χ0) is 24.8. The van der Waals surface area contributed by atoms with Crippen molar-refractivity contribution in [3.63, 3.8) is 0 Å². The lowest BCUT2D eigenvalue weighted by Gasteiger charge is -2.22. The molecule has 0 saturated heterocycles. The van der Waals surface area contributed by atoms with Crippen LogP contribution in [0.1, 0.15) is 76.4 Å². The number of benzene rings is 1. The summed E-state index contributed by atoms with van der Waals surface area (Å²) in [5, 5.41) is 6.23. The third-order valence-electron chi connectivity index (χ3n) is 6.38. The standard InChI is InChI=1S/C27H32N4O4/c1-4-21(18-9-7-6-8-10-18)29-26(32)20-15-23(31-13-14-35-17-24(20)31)27(33)30-22(5-2)19-11-12-25(34-3)28-16-19/h6-12,15-16,21-22H,4-5,13-14,17H2,1-3H3,(H,29,32)(H,30,33)/t21-,22+/m1/s1. The van der Waals surface area contributed by atoms with E-state index in [0.29, 0.717) is 36.7 Å². The Morgan fingerprint density at radius 2 is 1.74 bits per heavy atom. The first-order valence-electron chi connectivity index (χ1n) is 12.0. The van der Waals surface area contributed by atoms with Gasteiger partial charge in [-0.25, -0.2) is 4.98 Å². The number of pyridine rings is 1. The second-order valence-corrected chi connectivity index (χ2v) is 8.51. The van der Waals surface area contributed by atoms with Crippen molar-refractivity contribution in [2.24, 2.45) is 0 Å². The van der Waals surface area contributed by atoms with Gasteiger partial charge in [0.2, 0.25) is 5.88 Å². The lowest BCUT2D eigenvalue weighted by Crippen LogP contribution is -2.31. The zero-order valence-corrected chi connectivity index (χ0v) is 20.4. The average Bonchev–Trinajstić information content (AvgIpc) is 3.31. The highest BCUT2D eigenvalue weighted by Gasteiger charge is 2.28. The summed E-state index contributed by atoms with van der Waals surface area (Å²) in [5.74, 6) is 0.0810. The van der Waals surface area contributed by atoms with Gasteiger partial charge in [0.15, 0.2) is 0 Å². The maximum atomic E-state index is 13.4. The van der Waals surface area contributed by atoms with Crippen molar-refractivity contribution in [1.82, 2.24) is 20.2 Å². The van der Waals surface area contributed by atoms with Crippen LogP contribution in [0.4, 0.5) is 0 Å². The number of hydrogen-bond acceptors (Lipinski definition) is 5. The summed E-state index contributed by atoms with van der Waals surface area (Å²) in [4.78, 5) is 30.9. The molecule has 0 spiro atoms. The number of nitrogens with one attached hydrogen (secondary N) is 2. The molecule has 0 unspecified atom stereocenters. The van der Waals surface area contributed by atoms with Crippen LogP contribution in [0.2, 0.25) is 0 Å². The van der Waals surface area contributed by atoms with Gasteiger partial charge in [0.1, 0.15) is 5.69 Å². The van der Waals surface area contributed by atoms with Gasteiger partial charge in [-0.2, -0.15) is 0 Å². The van der Waals surface area contributed by atoms with E-state index < -0.39 is 0 Å². The topological polar surface area (TPSA) is 94.5 Å². The Kier molecular flexibility index (Phi) is 7.82. The SMILES string of the molecule is CC[C@H](NC(=O)c1cc(C(=O)N[C@H](CC)c2ccccc2)c2n1CCOC2)c1ccc(OC)nc1. The van der Waals surface area contributed by atoms with Crippen molar-refractivity contribution in [2.45, 2.75) is 51.9 Å². The van der Waals surface area contributed by atoms with E-state index in [1.807, 2.05) is 54.8 Å². The molecule has 0 saturated carbocycles. The second-order valence-electron chi connectivity index (χ2n) is 8.51. The van der Waals surface area contributed by atoms with Gasteiger partial charge in [0, 0.05) is 18.8 Å². The molecule has 0 fully saturated rings. The molecule has 3 aromatic rings. The predicted octanol–water partition coefficient (Wildman–Crippen LogP) is 4.18. The van der Waals surface area contributed by atoms with E-state index in [2.05, 4.69) is 15.6 Å². The number of ether oxygens (including phenoxy) is 2. The number of aromatic nitrogens is 2. The molecule has 1 aromatic carbocycles. The molecule has 1 aliphatic rings. The number of hydrogen-bond donors (Lipinski definition) is 2. The van der Waals surface area contributed by atoms with Crippen molar-refractivity contribution in [2.75, 3.05) is 13.7 Å². The molecule has 0 radical (unpaired) electrons. The van der Waals surface area contributed by atoms with Gasteiger partial charge in [-0.1, -0.05) is 50.2 Å². The Balaban J connectivity index is 1.57. The molecule has 1 aliphatic heterocycles. The first-order valence-corrected chi connectivity index (χ1v) is 12.0. The summed E-state index contributed by atoms with van der Waals surface area (Å²) in [6, 6.07) is 14.9. The van der Waals surface area contributed by atoms with Crippen molar-refractivity contribution >= 4 is 11.8 Å². The van der Waals surface area contributed by atoms with Crippen LogP contribution in [0.3, 0.4) is 0 Å². The van der Waals surface area contributed by atoms with Gasteiger partial charge in [0.05, 0.1) is 43.7 Å². The van der Waals surface area contributed by atoms with Gasteiger partial charge < -0.3 is 24.7 Å². The number of carbonyl (C=O) groups is 2. The molecule has 35 heavy (non-hydrogen) atoms. The van der Waals surface area contributed by atoms with Gasteiger partial charge >= 0.3 is 0 Å². The number of nitrogens with zero attached hydrogens (tertiary/aromatic N) is 2.